The van der Waals surface area contributed by atoms with E-state index in [1.165, 1.54) is 12.0 Å². The van der Waals surface area contributed by atoms with Gasteiger partial charge in [-0.05, 0) is 24.1 Å². The predicted molar refractivity (Wildman–Crippen MR) is 121 cm³/mol. The third-order valence-electron chi connectivity index (χ3n) is 7.35. The number of aromatic nitrogens is 1. The number of rotatable bonds is 5. The van der Waals surface area contributed by atoms with Crippen molar-refractivity contribution in [2.75, 3.05) is 25.6 Å². The first-order valence-corrected chi connectivity index (χ1v) is 11.1. The lowest BCUT2D eigenvalue weighted by Gasteiger charge is -2.29. The second-order valence-electron chi connectivity index (χ2n) is 8.95. The van der Waals surface area contributed by atoms with Crippen molar-refractivity contribution in [1.29, 1.82) is 0 Å². The number of fused-ring (bicyclic) bond motifs is 5. The Bertz CT molecular complexity index is 1300. The van der Waals surface area contributed by atoms with E-state index in [1.807, 2.05) is 54.7 Å². The van der Waals surface area contributed by atoms with Crippen LogP contribution in [0.4, 0.5) is 5.69 Å². The molecule has 33 heavy (non-hydrogen) atoms. The van der Waals surface area contributed by atoms with Crippen LogP contribution >= 0.6 is 0 Å². The Morgan fingerprint density at radius 1 is 1.03 bits per heavy atom. The molecule has 3 aromatic rings. The molecule has 0 radical (unpaired) electrons. The summed E-state index contributed by atoms with van der Waals surface area (Å²) in [6, 6.07) is 15.0. The van der Waals surface area contributed by atoms with Crippen LogP contribution < -0.4 is 10.6 Å². The minimum Gasteiger partial charge on any atom is -0.383 e. The van der Waals surface area contributed by atoms with Crippen molar-refractivity contribution in [2.45, 2.75) is 18.0 Å². The second kappa shape index (κ2) is 7.26. The summed E-state index contributed by atoms with van der Waals surface area (Å²) in [5.74, 6) is -2.29. The number of hydrogen-bond acceptors (Lipinski definition) is 5. The maximum atomic E-state index is 13.6. The lowest BCUT2D eigenvalue weighted by Crippen LogP contribution is -2.53. The molecule has 0 saturated carbocycles. The first-order valence-electron chi connectivity index (χ1n) is 11.1. The van der Waals surface area contributed by atoms with Gasteiger partial charge in [0.15, 0.2) is 0 Å². The summed E-state index contributed by atoms with van der Waals surface area (Å²) in [5.41, 5.74) is 2.18. The molecule has 3 aliphatic heterocycles. The van der Waals surface area contributed by atoms with Crippen molar-refractivity contribution in [3.8, 4) is 0 Å². The van der Waals surface area contributed by atoms with E-state index in [9.17, 15) is 14.4 Å². The van der Waals surface area contributed by atoms with Gasteiger partial charge in [-0.15, -0.1) is 0 Å². The number of carbonyl (C=O) groups is 3. The van der Waals surface area contributed by atoms with Crippen LogP contribution in [0.1, 0.15) is 11.1 Å². The monoisotopic (exact) mass is 444 g/mol. The highest BCUT2D eigenvalue weighted by molar-refractivity contribution is 6.15. The Kier molecular flexibility index (Phi) is 4.43. The van der Waals surface area contributed by atoms with E-state index in [1.54, 1.807) is 0 Å². The van der Waals surface area contributed by atoms with Crippen molar-refractivity contribution in [3.63, 3.8) is 0 Å². The first kappa shape index (κ1) is 20.1. The molecule has 3 N–H and O–H groups in total. The molecule has 1 spiro atoms. The number of methoxy groups -OCH3 is 1. The van der Waals surface area contributed by atoms with Gasteiger partial charge in [0.1, 0.15) is 5.54 Å². The molecule has 0 unspecified atom stereocenters. The van der Waals surface area contributed by atoms with Crippen LogP contribution in [-0.2, 0) is 31.1 Å². The fourth-order valence-corrected chi connectivity index (χ4v) is 5.93. The van der Waals surface area contributed by atoms with Crippen LogP contribution in [0.25, 0.3) is 10.9 Å². The van der Waals surface area contributed by atoms with Gasteiger partial charge in [-0.1, -0.05) is 36.4 Å². The van der Waals surface area contributed by atoms with E-state index in [-0.39, 0.29) is 36.9 Å². The Hall–Kier alpha value is -3.49. The van der Waals surface area contributed by atoms with Crippen molar-refractivity contribution in [1.82, 2.24) is 15.2 Å². The topological polar surface area (TPSA) is 104 Å². The van der Waals surface area contributed by atoms with Crippen LogP contribution in [0.3, 0.4) is 0 Å². The molecule has 168 valence electrons. The van der Waals surface area contributed by atoms with Crippen LogP contribution in [0.15, 0.2) is 54.7 Å². The van der Waals surface area contributed by atoms with E-state index >= 15 is 0 Å². The minimum absolute atomic E-state index is 0.181. The highest BCUT2D eigenvalue weighted by Crippen LogP contribution is 2.53. The Labute approximate surface area is 190 Å². The summed E-state index contributed by atoms with van der Waals surface area (Å²) in [4.78, 5) is 45.1. The number of amides is 3. The summed E-state index contributed by atoms with van der Waals surface area (Å²) in [7, 11) is 1.54. The largest absolute Gasteiger partial charge is 0.383 e. The number of ether oxygens (including phenoxy) is 1. The molecule has 0 bridgehead atoms. The van der Waals surface area contributed by atoms with Crippen LogP contribution in [-0.4, -0.2) is 53.9 Å². The molecule has 8 nitrogen and oxygen atoms in total. The third-order valence-corrected chi connectivity index (χ3v) is 7.35. The number of H-pyrrole nitrogens is 1. The van der Waals surface area contributed by atoms with E-state index in [2.05, 4.69) is 15.6 Å². The molecule has 4 heterocycles. The highest BCUT2D eigenvalue weighted by Gasteiger charge is 2.70. The molecule has 1 aromatic heterocycles. The fourth-order valence-electron chi connectivity index (χ4n) is 5.93. The zero-order chi connectivity index (χ0) is 22.7. The van der Waals surface area contributed by atoms with Gasteiger partial charge >= 0.3 is 0 Å². The quantitative estimate of drug-likeness (QED) is 0.521. The average Bonchev–Trinajstić information content (AvgIpc) is 3.53. The molecule has 3 amide bonds. The number of nitrogens with zero attached hydrogens (tertiary/aromatic N) is 1. The smallest absolute Gasteiger partial charge is 0.250 e. The molecule has 4 atom stereocenters. The van der Waals surface area contributed by atoms with E-state index < -0.39 is 17.4 Å². The van der Waals surface area contributed by atoms with Gasteiger partial charge in [0.05, 0.1) is 25.0 Å². The zero-order valence-electron chi connectivity index (χ0n) is 18.1. The number of carbonyl (C=O) groups excluding carboxylic acids is 3. The van der Waals surface area contributed by atoms with Crippen LogP contribution in [0.5, 0.6) is 0 Å². The molecular weight excluding hydrogens is 420 g/mol. The second-order valence-corrected chi connectivity index (χ2v) is 8.95. The average molecular weight is 444 g/mol. The Morgan fingerprint density at radius 2 is 1.82 bits per heavy atom. The maximum absolute atomic E-state index is 13.6. The van der Waals surface area contributed by atoms with Gasteiger partial charge in [-0.3, -0.25) is 24.6 Å². The molecule has 2 aromatic carbocycles. The molecule has 2 saturated heterocycles. The maximum Gasteiger partial charge on any atom is 0.250 e. The summed E-state index contributed by atoms with van der Waals surface area (Å²) in [6.07, 6.45) is 2.46. The lowest BCUT2D eigenvalue weighted by molar-refractivity contribution is -0.143. The number of benzene rings is 2. The number of aromatic amines is 1. The van der Waals surface area contributed by atoms with Crippen molar-refractivity contribution in [2.24, 2.45) is 11.8 Å². The predicted octanol–water partition coefficient (Wildman–Crippen LogP) is 1.78. The fraction of sp³-hybridized carbons (Fsp3) is 0.320. The van der Waals surface area contributed by atoms with Gasteiger partial charge in [-0.2, -0.15) is 0 Å². The minimum atomic E-state index is -1.27. The number of nitrogens with one attached hydrogen (secondary N) is 3. The summed E-state index contributed by atoms with van der Waals surface area (Å²) < 4.78 is 5.13. The number of likely N-dealkylation sites (tertiary alicyclic amines) is 1. The standard InChI is InChI=1S/C25H24N4O4/c1-33-11-10-29-22(30)20-19(12-14-13-26-17-8-4-2-6-15(14)17)28-25(21(20)23(29)31)16-7-3-5-9-18(16)27-24(25)32/h2-9,13,19-21,26,28H,10-12H2,1H3,(H,27,32)/t19-,20+,21+,25-/m1/s1. The van der Waals surface area contributed by atoms with Crippen molar-refractivity contribution < 1.29 is 19.1 Å². The molecule has 0 aliphatic carbocycles. The SMILES string of the molecule is COCCN1C(=O)[C@@H]2[C@@H](C1=O)[C@@]1(N[C@@H]2Cc2c[nH]c3ccccc23)C(=O)Nc2ccccc21. The van der Waals surface area contributed by atoms with Gasteiger partial charge in [0, 0.05) is 41.5 Å². The number of hydrogen-bond donors (Lipinski definition) is 3. The number of imide groups is 1. The molecule has 8 heteroatoms. The van der Waals surface area contributed by atoms with Crippen LogP contribution in [0, 0.1) is 11.8 Å². The summed E-state index contributed by atoms with van der Waals surface area (Å²) >= 11 is 0. The number of para-hydroxylation sites is 2. The van der Waals surface area contributed by atoms with Crippen LogP contribution in [0.2, 0.25) is 0 Å². The molecular formula is C25H24N4O4. The Morgan fingerprint density at radius 3 is 2.67 bits per heavy atom. The summed E-state index contributed by atoms with van der Waals surface area (Å²) in [6.45, 7) is 0.438. The van der Waals surface area contributed by atoms with Crippen molar-refractivity contribution >= 4 is 34.3 Å². The van der Waals surface area contributed by atoms with Gasteiger partial charge in [-0.25, -0.2) is 0 Å². The molecule has 3 aliphatic rings. The molecule has 6 rings (SSSR count). The normalized spacial score (nSPS) is 28.1. The van der Waals surface area contributed by atoms with Crippen molar-refractivity contribution in [3.05, 3.63) is 65.9 Å². The zero-order valence-corrected chi connectivity index (χ0v) is 18.1. The molecule has 2 fully saturated rings. The van der Waals surface area contributed by atoms with E-state index in [0.717, 1.165) is 22.0 Å². The van der Waals surface area contributed by atoms with Gasteiger partial charge in [0.25, 0.3) is 0 Å². The first-order chi connectivity index (χ1) is 16.1. The highest BCUT2D eigenvalue weighted by atomic mass is 16.5. The van der Waals surface area contributed by atoms with E-state index in [4.69, 9.17) is 4.74 Å². The Balaban J connectivity index is 1.46. The number of anilines is 1. The van der Waals surface area contributed by atoms with E-state index in [0.29, 0.717) is 12.1 Å². The van der Waals surface area contributed by atoms with Gasteiger partial charge < -0.3 is 15.0 Å². The third kappa shape index (κ3) is 2.68. The summed E-state index contributed by atoms with van der Waals surface area (Å²) in [5, 5.41) is 7.49. The lowest BCUT2D eigenvalue weighted by atomic mass is 9.76. The van der Waals surface area contributed by atoms with Gasteiger partial charge in [0.2, 0.25) is 17.7 Å².